The number of β-lactam (4-membered cyclic amide) rings is 1. The number of nitrogens with zero attached hydrogens (tertiary/aromatic N) is 1. The molecule has 0 aromatic heterocycles. The summed E-state index contributed by atoms with van der Waals surface area (Å²) in [6, 6.07) is 5.86. The van der Waals surface area contributed by atoms with Gasteiger partial charge in [0.2, 0.25) is 5.91 Å². The predicted molar refractivity (Wildman–Crippen MR) is 77.8 cm³/mol. The van der Waals surface area contributed by atoms with Crippen LogP contribution in [0.25, 0.3) is 0 Å². The molecule has 122 valence electrons. The molecule has 1 aromatic carbocycles. The van der Waals surface area contributed by atoms with Gasteiger partial charge in [-0.05, 0) is 5.56 Å². The number of hydrogen-bond donors (Lipinski definition) is 3. The fraction of sp³-hybridized carbons (Fsp3) is 0.286. The van der Waals surface area contributed by atoms with E-state index < -0.39 is 36.0 Å². The number of imide groups is 1. The molecule has 0 bridgehead atoms. The van der Waals surface area contributed by atoms with E-state index >= 15 is 0 Å². The number of urea groups is 1. The van der Waals surface area contributed by atoms with Crippen molar-refractivity contribution >= 4 is 23.9 Å². The highest BCUT2D eigenvalue weighted by molar-refractivity contribution is 6.06. The number of carbonyl (C=O) groups excluding carboxylic acids is 4. The molecule has 23 heavy (non-hydrogen) atoms. The molecule has 1 aliphatic rings. The van der Waals surface area contributed by atoms with Crippen molar-refractivity contribution in [2.75, 3.05) is 7.05 Å². The van der Waals surface area contributed by atoms with Crippen molar-refractivity contribution in [2.24, 2.45) is 5.73 Å². The van der Waals surface area contributed by atoms with Crippen LogP contribution in [-0.2, 0) is 20.9 Å². The minimum absolute atomic E-state index is 0.0286. The summed E-state index contributed by atoms with van der Waals surface area (Å²) >= 11 is 0. The first-order valence-electron chi connectivity index (χ1n) is 6.74. The van der Waals surface area contributed by atoms with Crippen molar-refractivity contribution in [3.63, 3.8) is 0 Å². The molecule has 1 aliphatic heterocycles. The fourth-order valence-electron chi connectivity index (χ4n) is 1.94. The number of ether oxygens (including phenoxy) is 1. The van der Waals surface area contributed by atoms with Crippen LogP contribution < -0.4 is 16.4 Å². The van der Waals surface area contributed by atoms with Crippen LogP contribution in [0.1, 0.15) is 5.56 Å². The fourth-order valence-corrected chi connectivity index (χ4v) is 1.94. The average molecular weight is 320 g/mol. The highest BCUT2D eigenvalue weighted by Crippen LogP contribution is 2.10. The maximum atomic E-state index is 11.9. The number of alkyl carbamates (subject to hydrolysis) is 1. The number of benzene rings is 1. The number of nitrogens with one attached hydrogen (secondary N) is 2. The molecule has 0 aliphatic carbocycles. The highest BCUT2D eigenvalue weighted by atomic mass is 16.5. The molecule has 1 heterocycles. The van der Waals surface area contributed by atoms with Crippen molar-refractivity contribution in [1.29, 1.82) is 0 Å². The Kier molecular flexibility index (Phi) is 4.79. The van der Waals surface area contributed by atoms with Crippen molar-refractivity contribution in [3.8, 4) is 0 Å². The lowest BCUT2D eigenvalue weighted by Gasteiger charge is -2.36. The lowest BCUT2D eigenvalue weighted by molar-refractivity contribution is -0.143. The first kappa shape index (κ1) is 16.3. The summed E-state index contributed by atoms with van der Waals surface area (Å²) in [7, 11) is 1.18. The van der Waals surface area contributed by atoms with E-state index in [9.17, 15) is 19.2 Å². The number of primary amides is 1. The van der Waals surface area contributed by atoms with Crippen LogP contribution in [0, 0.1) is 0 Å². The van der Waals surface area contributed by atoms with Gasteiger partial charge in [-0.3, -0.25) is 14.5 Å². The van der Waals surface area contributed by atoms with Gasteiger partial charge in [0.1, 0.15) is 18.7 Å². The first-order valence-corrected chi connectivity index (χ1v) is 6.74. The van der Waals surface area contributed by atoms with Gasteiger partial charge in [0, 0.05) is 7.05 Å². The van der Waals surface area contributed by atoms with Gasteiger partial charge in [-0.15, -0.1) is 0 Å². The Bertz CT molecular complexity index is 633. The van der Waals surface area contributed by atoms with E-state index in [1.165, 1.54) is 7.05 Å². The van der Waals surface area contributed by atoms with E-state index in [0.29, 0.717) is 4.90 Å². The third-order valence-corrected chi connectivity index (χ3v) is 3.33. The Balaban J connectivity index is 1.88. The SMILES string of the molecule is CN(C(N)=O)C(=O)[C@@H]1NC(=O)[C@@H]1NC(=O)OCc1ccccc1. The summed E-state index contributed by atoms with van der Waals surface area (Å²) in [5.74, 6) is -1.26. The molecule has 2 rings (SSSR count). The molecule has 4 N–H and O–H groups in total. The van der Waals surface area contributed by atoms with Gasteiger partial charge in [0.25, 0.3) is 5.91 Å². The minimum Gasteiger partial charge on any atom is -0.445 e. The second-order valence-electron chi connectivity index (χ2n) is 4.91. The van der Waals surface area contributed by atoms with Gasteiger partial charge >= 0.3 is 12.1 Å². The maximum absolute atomic E-state index is 11.9. The number of nitrogens with two attached hydrogens (primary N) is 1. The van der Waals surface area contributed by atoms with E-state index in [0.717, 1.165) is 5.56 Å². The summed E-state index contributed by atoms with van der Waals surface area (Å²) in [6.45, 7) is 0.0286. The zero-order valence-electron chi connectivity index (χ0n) is 12.3. The molecule has 5 amide bonds. The van der Waals surface area contributed by atoms with Crippen LogP contribution in [0.2, 0.25) is 0 Å². The lowest BCUT2D eigenvalue weighted by Crippen LogP contribution is -2.73. The highest BCUT2D eigenvalue weighted by Gasteiger charge is 2.47. The summed E-state index contributed by atoms with van der Waals surface area (Å²) in [5.41, 5.74) is 5.77. The standard InChI is InChI=1S/C14H16N4O5/c1-18(13(15)21)12(20)10-9(11(19)16-10)17-14(22)23-7-8-5-3-2-4-6-8/h2-6,9-10H,7H2,1H3,(H2,15,21)(H,16,19)(H,17,22)/t9-,10-/m1/s1. The molecule has 1 aromatic rings. The van der Waals surface area contributed by atoms with Crippen molar-refractivity contribution in [1.82, 2.24) is 15.5 Å². The number of hydrogen-bond acceptors (Lipinski definition) is 5. The second kappa shape index (κ2) is 6.77. The number of likely N-dealkylation sites (N-methyl/N-ethyl adjacent to an activating group) is 1. The van der Waals surface area contributed by atoms with E-state index in [-0.39, 0.29) is 6.61 Å². The molecule has 9 nitrogen and oxygen atoms in total. The largest absolute Gasteiger partial charge is 0.445 e. The zero-order chi connectivity index (χ0) is 17.0. The molecule has 1 fully saturated rings. The molecular formula is C14H16N4O5. The summed E-state index contributed by atoms with van der Waals surface area (Å²) in [5, 5.41) is 4.59. The van der Waals surface area contributed by atoms with Crippen molar-refractivity contribution in [3.05, 3.63) is 35.9 Å². The third-order valence-electron chi connectivity index (χ3n) is 3.33. The Hall–Kier alpha value is -3.10. The quantitative estimate of drug-likeness (QED) is 0.632. The molecule has 2 atom stereocenters. The Labute approximate surface area is 131 Å². The lowest BCUT2D eigenvalue weighted by atomic mass is 9.98. The Morgan fingerprint density at radius 2 is 1.96 bits per heavy atom. The normalized spacial score (nSPS) is 19.1. The monoisotopic (exact) mass is 320 g/mol. The van der Waals surface area contributed by atoms with E-state index in [1.54, 1.807) is 24.3 Å². The first-order chi connectivity index (χ1) is 10.9. The van der Waals surface area contributed by atoms with Crippen molar-refractivity contribution < 1.29 is 23.9 Å². The summed E-state index contributed by atoms with van der Waals surface area (Å²) in [6.07, 6.45) is -0.840. The number of rotatable bonds is 4. The number of amides is 5. The predicted octanol–water partition coefficient (Wildman–Crippen LogP) is -0.683. The van der Waals surface area contributed by atoms with Crippen LogP contribution in [0.4, 0.5) is 9.59 Å². The van der Waals surface area contributed by atoms with Gasteiger partial charge in [-0.1, -0.05) is 30.3 Å². The molecule has 9 heteroatoms. The van der Waals surface area contributed by atoms with Gasteiger partial charge in [0.05, 0.1) is 0 Å². The van der Waals surface area contributed by atoms with Gasteiger partial charge < -0.3 is 21.1 Å². The smallest absolute Gasteiger partial charge is 0.408 e. The second-order valence-corrected chi connectivity index (χ2v) is 4.91. The van der Waals surface area contributed by atoms with Crippen molar-refractivity contribution in [2.45, 2.75) is 18.7 Å². The molecule has 0 unspecified atom stereocenters. The van der Waals surface area contributed by atoms with E-state index in [1.807, 2.05) is 6.07 Å². The van der Waals surface area contributed by atoms with Crippen LogP contribution in [0.15, 0.2) is 30.3 Å². The maximum Gasteiger partial charge on any atom is 0.408 e. The Morgan fingerprint density at radius 1 is 1.30 bits per heavy atom. The van der Waals surface area contributed by atoms with Gasteiger partial charge in [0.15, 0.2) is 0 Å². The molecule has 1 saturated heterocycles. The molecule has 0 spiro atoms. The van der Waals surface area contributed by atoms with E-state index in [4.69, 9.17) is 10.5 Å². The summed E-state index contributed by atoms with van der Waals surface area (Å²) < 4.78 is 4.97. The van der Waals surface area contributed by atoms with Crippen LogP contribution in [0.3, 0.4) is 0 Å². The van der Waals surface area contributed by atoms with Crippen LogP contribution >= 0.6 is 0 Å². The zero-order valence-corrected chi connectivity index (χ0v) is 12.3. The van der Waals surface area contributed by atoms with Gasteiger partial charge in [-0.2, -0.15) is 0 Å². The topological polar surface area (TPSA) is 131 Å². The molecule has 0 saturated carbocycles. The number of carbonyl (C=O) groups is 4. The van der Waals surface area contributed by atoms with E-state index in [2.05, 4.69) is 10.6 Å². The summed E-state index contributed by atoms with van der Waals surface area (Å²) in [4.78, 5) is 46.7. The van der Waals surface area contributed by atoms with Crippen LogP contribution in [0.5, 0.6) is 0 Å². The van der Waals surface area contributed by atoms with Gasteiger partial charge in [-0.25, -0.2) is 9.59 Å². The molecule has 0 radical (unpaired) electrons. The Morgan fingerprint density at radius 3 is 2.52 bits per heavy atom. The van der Waals surface area contributed by atoms with Crippen LogP contribution in [-0.4, -0.2) is 48.0 Å². The third kappa shape index (κ3) is 3.76. The molecular weight excluding hydrogens is 304 g/mol. The average Bonchev–Trinajstić information content (AvgIpc) is 2.55. The minimum atomic E-state index is -1.10.